The summed E-state index contributed by atoms with van der Waals surface area (Å²) < 4.78 is 14.0. The second kappa shape index (κ2) is 3.97. The molecule has 2 aromatic carbocycles. The van der Waals surface area contributed by atoms with E-state index in [2.05, 4.69) is 19.1 Å². The van der Waals surface area contributed by atoms with Gasteiger partial charge in [-0.1, -0.05) is 30.3 Å². The molecule has 0 spiro atoms. The molecule has 98 valence electrons. The van der Waals surface area contributed by atoms with Gasteiger partial charge in [0, 0.05) is 0 Å². The number of para-hydroxylation sites is 1. The van der Waals surface area contributed by atoms with Crippen LogP contribution in [0.4, 0.5) is 0 Å². The molecular weight excluding hydrogens is 250 g/mol. The highest BCUT2D eigenvalue weighted by Crippen LogP contribution is 2.31. The maximum atomic E-state index is 6.09. The van der Waals surface area contributed by atoms with Gasteiger partial charge in [-0.05, 0) is 30.7 Å². The fourth-order valence-corrected chi connectivity index (χ4v) is 2.63. The Balaban J connectivity index is 2.07. The van der Waals surface area contributed by atoms with E-state index in [4.69, 9.17) is 8.83 Å². The van der Waals surface area contributed by atoms with E-state index in [0.29, 0.717) is 0 Å². The minimum absolute atomic E-state index is 0.768. The van der Waals surface area contributed by atoms with Gasteiger partial charge in [0.05, 0.1) is 10.9 Å². The van der Waals surface area contributed by atoms with Crippen molar-refractivity contribution in [1.29, 1.82) is 0 Å². The Labute approximate surface area is 116 Å². The lowest BCUT2D eigenvalue weighted by Crippen LogP contribution is -2.28. The molecule has 4 rings (SSSR count). The molecule has 2 heterocycles. The zero-order valence-electron chi connectivity index (χ0n) is 11.4. The van der Waals surface area contributed by atoms with Gasteiger partial charge in [0.15, 0.2) is 0 Å². The number of oxazole rings is 1. The van der Waals surface area contributed by atoms with Crippen LogP contribution in [0, 0.1) is 6.92 Å². The number of rotatable bonds is 1. The van der Waals surface area contributed by atoms with E-state index in [1.54, 1.807) is 0 Å². The van der Waals surface area contributed by atoms with Crippen molar-refractivity contribution in [3.8, 4) is 11.5 Å². The number of aryl methyl sites for hydroxylation is 2. The zero-order valence-corrected chi connectivity index (χ0v) is 11.4. The molecule has 0 amide bonds. The smallest absolute Gasteiger partial charge is 0.401 e. The molecule has 0 saturated heterocycles. The van der Waals surface area contributed by atoms with E-state index in [9.17, 15) is 0 Å². The predicted molar refractivity (Wildman–Crippen MR) is 77.3 cm³/mol. The first-order chi connectivity index (χ1) is 9.75. The molecule has 0 unspecified atom stereocenters. The Kier molecular flexibility index (Phi) is 2.24. The highest BCUT2D eigenvalue weighted by atomic mass is 16.4. The van der Waals surface area contributed by atoms with E-state index in [-0.39, 0.29) is 0 Å². The minimum atomic E-state index is 0.768. The van der Waals surface area contributed by atoms with Gasteiger partial charge < -0.3 is 8.83 Å². The highest BCUT2D eigenvalue weighted by molar-refractivity contribution is 5.99. The lowest BCUT2D eigenvalue weighted by atomic mass is 10.1. The van der Waals surface area contributed by atoms with Gasteiger partial charge in [-0.2, -0.15) is 0 Å². The molecule has 0 saturated carbocycles. The number of fused-ring (bicyclic) bond motifs is 3. The highest BCUT2D eigenvalue weighted by Gasteiger charge is 2.27. The van der Waals surface area contributed by atoms with Crippen molar-refractivity contribution in [3.05, 3.63) is 54.1 Å². The number of furan rings is 1. The first kappa shape index (κ1) is 11.3. The van der Waals surface area contributed by atoms with Gasteiger partial charge >= 0.3 is 11.6 Å². The van der Waals surface area contributed by atoms with Crippen LogP contribution in [0.3, 0.4) is 0 Å². The summed E-state index contributed by atoms with van der Waals surface area (Å²) in [5, 5.41) is 1.01. The van der Waals surface area contributed by atoms with Crippen molar-refractivity contribution in [1.82, 2.24) is 0 Å². The van der Waals surface area contributed by atoms with Gasteiger partial charge in [-0.3, -0.25) is 0 Å². The monoisotopic (exact) mass is 264 g/mol. The summed E-state index contributed by atoms with van der Waals surface area (Å²) in [4.78, 5) is 0. The Morgan fingerprint density at radius 2 is 1.65 bits per heavy atom. The van der Waals surface area contributed by atoms with Crippen LogP contribution < -0.4 is 4.57 Å². The molecule has 0 radical (unpaired) electrons. The largest absolute Gasteiger partial charge is 0.421 e. The van der Waals surface area contributed by atoms with Crippen molar-refractivity contribution >= 4 is 22.3 Å². The third-order valence-electron chi connectivity index (χ3n) is 3.72. The fraction of sp³-hybridized carbons (Fsp3) is 0.118. The van der Waals surface area contributed by atoms with Gasteiger partial charge in [-0.25, -0.2) is 0 Å². The first-order valence-corrected chi connectivity index (χ1v) is 6.62. The molecule has 0 aliphatic heterocycles. The SMILES string of the molecule is Cc1ccccc1-c1oc2c3ccccc3oc2[n+]1C. The third kappa shape index (κ3) is 1.43. The topological polar surface area (TPSA) is 30.2 Å². The Morgan fingerprint density at radius 3 is 2.50 bits per heavy atom. The molecule has 0 aliphatic carbocycles. The quantitative estimate of drug-likeness (QED) is 0.487. The summed E-state index contributed by atoms with van der Waals surface area (Å²) in [5.74, 6) is 0.822. The van der Waals surface area contributed by atoms with Crippen LogP contribution in [0.15, 0.2) is 57.4 Å². The summed E-state index contributed by atoms with van der Waals surface area (Å²) in [5.41, 5.74) is 4.70. The predicted octanol–water partition coefficient (Wildman–Crippen LogP) is 3.98. The van der Waals surface area contributed by atoms with Crippen LogP contribution in [-0.2, 0) is 7.05 Å². The summed E-state index contributed by atoms with van der Waals surface area (Å²) in [6.45, 7) is 2.08. The van der Waals surface area contributed by atoms with E-state index < -0.39 is 0 Å². The standard InChI is InChI=1S/C17H14NO2/c1-11-7-3-4-8-12(11)16-18(2)17-15(20-16)13-9-5-6-10-14(13)19-17/h3-10H,1-2H3/q+1. The van der Waals surface area contributed by atoms with Crippen LogP contribution in [-0.4, -0.2) is 0 Å². The molecule has 3 heteroatoms. The number of benzene rings is 2. The Bertz CT molecular complexity index is 931. The maximum absolute atomic E-state index is 6.09. The summed E-state index contributed by atoms with van der Waals surface area (Å²) in [6, 6.07) is 16.1. The second-order valence-electron chi connectivity index (χ2n) is 5.01. The number of hydrogen-bond acceptors (Lipinski definition) is 2. The Morgan fingerprint density at radius 1 is 0.900 bits per heavy atom. The first-order valence-electron chi connectivity index (χ1n) is 6.62. The molecule has 0 aliphatic rings. The van der Waals surface area contributed by atoms with Crippen LogP contribution >= 0.6 is 0 Å². The Hall–Kier alpha value is -2.55. The summed E-state index contributed by atoms with van der Waals surface area (Å²) in [7, 11) is 1.97. The number of aromatic nitrogens is 1. The lowest BCUT2D eigenvalue weighted by Gasteiger charge is -1.97. The number of hydrogen-bond donors (Lipinski definition) is 0. The van der Waals surface area contributed by atoms with Crippen molar-refractivity contribution in [2.24, 2.45) is 7.05 Å². The second-order valence-corrected chi connectivity index (χ2v) is 5.01. The van der Waals surface area contributed by atoms with E-state index in [0.717, 1.165) is 33.7 Å². The molecule has 2 aromatic heterocycles. The van der Waals surface area contributed by atoms with Crippen molar-refractivity contribution in [2.75, 3.05) is 0 Å². The van der Waals surface area contributed by atoms with Gasteiger partial charge in [0.2, 0.25) is 0 Å². The molecule has 0 bridgehead atoms. The summed E-state index contributed by atoms with van der Waals surface area (Å²) in [6.07, 6.45) is 0. The van der Waals surface area contributed by atoms with Crippen LogP contribution in [0.1, 0.15) is 5.56 Å². The maximum Gasteiger partial charge on any atom is 0.421 e. The minimum Gasteiger partial charge on any atom is -0.401 e. The van der Waals surface area contributed by atoms with Gasteiger partial charge in [0.25, 0.3) is 5.58 Å². The lowest BCUT2D eigenvalue weighted by molar-refractivity contribution is -0.644. The van der Waals surface area contributed by atoms with Crippen LogP contribution in [0.2, 0.25) is 0 Å². The summed E-state index contributed by atoms with van der Waals surface area (Å²) >= 11 is 0. The normalized spacial score (nSPS) is 11.5. The molecule has 3 nitrogen and oxygen atoms in total. The number of nitrogens with zero attached hydrogens (tertiary/aromatic N) is 1. The zero-order chi connectivity index (χ0) is 13.7. The molecule has 0 atom stereocenters. The van der Waals surface area contributed by atoms with E-state index in [1.807, 2.05) is 48.0 Å². The van der Waals surface area contributed by atoms with Crippen molar-refractivity contribution in [3.63, 3.8) is 0 Å². The molecular formula is C17H14NO2+. The van der Waals surface area contributed by atoms with E-state index in [1.165, 1.54) is 5.56 Å². The van der Waals surface area contributed by atoms with Crippen LogP contribution in [0.25, 0.3) is 33.7 Å². The fourth-order valence-electron chi connectivity index (χ4n) is 2.63. The van der Waals surface area contributed by atoms with Gasteiger partial charge in [-0.15, -0.1) is 4.57 Å². The van der Waals surface area contributed by atoms with Crippen molar-refractivity contribution < 1.29 is 13.4 Å². The third-order valence-corrected chi connectivity index (χ3v) is 3.72. The molecule has 4 aromatic rings. The average Bonchev–Trinajstić information content (AvgIpc) is 2.97. The van der Waals surface area contributed by atoms with E-state index >= 15 is 0 Å². The average molecular weight is 264 g/mol. The van der Waals surface area contributed by atoms with Crippen LogP contribution in [0.5, 0.6) is 0 Å². The van der Waals surface area contributed by atoms with Gasteiger partial charge in [0.1, 0.15) is 12.6 Å². The molecule has 0 fully saturated rings. The molecule has 20 heavy (non-hydrogen) atoms. The molecule has 0 N–H and O–H groups in total. The van der Waals surface area contributed by atoms with Crippen molar-refractivity contribution in [2.45, 2.75) is 6.92 Å².